The normalized spacial score (nSPS) is 16.9. The molecule has 0 saturated heterocycles. The maximum absolute atomic E-state index is 5.33. The molecule has 1 N–H and O–H groups in total. The van der Waals surface area contributed by atoms with Crippen LogP contribution in [-0.4, -0.2) is 6.04 Å². The van der Waals surface area contributed by atoms with E-state index in [0.717, 1.165) is 18.2 Å². The second-order valence-corrected chi connectivity index (χ2v) is 4.56. The summed E-state index contributed by atoms with van der Waals surface area (Å²) in [5, 5.41) is 3.62. The van der Waals surface area contributed by atoms with Crippen LogP contribution in [0.15, 0.2) is 24.3 Å². The molecule has 0 amide bonds. The highest BCUT2D eigenvalue weighted by molar-refractivity contribution is 5.34. The van der Waals surface area contributed by atoms with Crippen molar-refractivity contribution in [1.82, 2.24) is 5.32 Å². The molecule has 2 rings (SSSR count). The third kappa shape index (κ3) is 3.12. The van der Waals surface area contributed by atoms with E-state index < -0.39 is 0 Å². The first-order chi connectivity index (χ1) is 7.88. The molecule has 1 heteroatoms. The van der Waals surface area contributed by atoms with Gasteiger partial charge in [0.15, 0.2) is 0 Å². The molecule has 16 heavy (non-hydrogen) atoms. The van der Waals surface area contributed by atoms with E-state index in [1.54, 1.807) is 0 Å². The standard InChI is InChI=1S/C15H19N/c1-2-13-8-10-14(11-9-13)12-16-15-6-4-3-5-7-15/h1,8-11,15-16H,3-7,12H2. The summed E-state index contributed by atoms with van der Waals surface area (Å²) in [5.41, 5.74) is 2.28. The van der Waals surface area contributed by atoms with Gasteiger partial charge in [0.25, 0.3) is 0 Å². The van der Waals surface area contributed by atoms with Crippen LogP contribution >= 0.6 is 0 Å². The summed E-state index contributed by atoms with van der Waals surface area (Å²) >= 11 is 0. The molecule has 1 aliphatic rings. The maximum Gasteiger partial charge on any atom is 0.0242 e. The van der Waals surface area contributed by atoms with Crippen molar-refractivity contribution in [2.24, 2.45) is 0 Å². The summed E-state index contributed by atoms with van der Waals surface area (Å²) in [5.74, 6) is 2.64. The summed E-state index contributed by atoms with van der Waals surface area (Å²) in [6.07, 6.45) is 12.2. The second-order valence-electron chi connectivity index (χ2n) is 4.56. The van der Waals surface area contributed by atoms with Gasteiger partial charge in [0.1, 0.15) is 0 Å². The lowest BCUT2D eigenvalue weighted by Crippen LogP contribution is -2.30. The molecule has 1 aromatic carbocycles. The molecule has 0 atom stereocenters. The van der Waals surface area contributed by atoms with Crippen molar-refractivity contribution in [3.05, 3.63) is 35.4 Å². The van der Waals surface area contributed by atoms with Gasteiger partial charge >= 0.3 is 0 Å². The molecule has 1 aromatic rings. The molecule has 1 saturated carbocycles. The van der Waals surface area contributed by atoms with E-state index in [0.29, 0.717) is 0 Å². The Bertz CT molecular complexity index is 352. The van der Waals surface area contributed by atoms with Gasteiger partial charge in [0.2, 0.25) is 0 Å². The number of rotatable bonds is 3. The fraction of sp³-hybridized carbons (Fsp3) is 0.467. The van der Waals surface area contributed by atoms with Gasteiger partial charge in [0, 0.05) is 18.2 Å². The van der Waals surface area contributed by atoms with Gasteiger partial charge in [-0.25, -0.2) is 0 Å². The third-order valence-corrected chi connectivity index (χ3v) is 3.32. The van der Waals surface area contributed by atoms with E-state index in [1.807, 2.05) is 12.1 Å². The smallest absolute Gasteiger partial charge is 0.0242 e. The monoisotopic (exact) mass is 213 g/mol. The Balaban J connectivity index is 1.82. The van der Waals surface area contributed by atoms with Crippen molar-refractivity contribution in [2.45, 2.75) is 44.7 Å². The molecule has 0 aromatic heterocycles. The number of terminal acetylenes is 1. The highest BCUT2D eigenvalue weighted by atomic mass is 14.9. The Morgan fingerprint density at radius 1 is 1.12 bits per heavy atom. The molecule has 0 heterocycles. The van der Waals surface area contributed by atoms with Gasteiger partial charge in [-0.2, -0.15) is 0 Å². The number of hydrogen-bond donors (Lipinski definition) is 1. The minimum absolute atomic E-state index is 0.723. The molecule has 0 radical (unpaired) electrons. The van der Waals surface area contributed by atoms with Gasteiger partial charge in [-0.15, -0.1) is 6.42 Å². The Morgan fingerprint density at radius 3 is 2.44 bits per heavy atom. The van der Waals surface area contributed by atoms with Crippen LogP contribution < -0.4 is 5.32 Å². The average molecular weight is 213 g/mol. The first kappa shape index (κ1) is 11.2. The van der Waals surface area contributed by atoms with E-state index in [2.05, 4.69) is 23.4 Å². The van der Waals surface area contributed by atoms with Crippen LogP contribution in [0.4, 0.5) is 0 Å². The van der Waals surface area contributed by atoms with Crippen LogP contribution in [-0.2, 0) is 6.54 Å². The minimum atomic E-state index is 0.723. The lowest BCUT2D eigenvalue weighted by Gasteiger charge is -2.22. The fourth-order valence-electron chi connectivity index (χ4n) is 2.29. The van der Waals surface area contributed by atoms with Crippen LogP contribution in [0.3, 0.4) is 0 Å². The van der Waals surface area contributed by atoms with Gasteiger partial charge in [-0.05, 0) is 30.5 Å². The number of benzene rings is 1. The zero-order chi connectivity index (χ0) is 11.2. The predicted molar refractivity (Wildman–Crippen MR) is 68.1 cm³/mol. The first-order valence-electron chi connectivity index (χ1n) is 6.17. The van der Waals surface area contributed by atoms with E-state index >= 15 is 0 Å². The first-order valence-corrected chi connectivity index (χ1v) is 6.17. The SMILES string of the molecule is C#Cc1ccc(CNC2CCCCC2)cc1. The van der Waals surface area contributed by atoms with Crippen LogP contribution in [0, 0.1) is 12.3 Å². The lowest BCUT2D eigenvalue weighted by molar-refractivity contribution is 0.372. The van der Waals surface area contributed by atoms with Gasteiger partial charge in [-0.1, -0.05) is 37.3 Å². The highest BCUT2D eigenvalue weighted by Crippen LogP contribution is 2.17. The number of nitrogens with one attached hydrogen (secondary N) is 1. The van der Waals surface area contributed by atoms with Crippen LogP contribution in [0.1, 0.15) is 43.2 Å². The topological polar surface area (TPSA) is 12.0 Å². The van der Waals surface area contributed by atoms with E-state index in [-0.39, 0.29) is 0 Å². The van der Waals surface area contributed by atoms with Crippen LogP contribution in [0.2, 0.25) is 0 Å². The van der Waals surface area contributed by atoms with E-state index in [1.165, 1.54) is 37.7 Å². The zero-order valence-corrected chi connectivity index (χ0v) is 9.71. The van der Waals surface area contributed by atoms with Gasteiger partial charge in [0.05, 0.1) is 0 Å². The molecule has 1 fully saturated rings. The Labute approximate surface area is 98.3 Å². The molecule has 1 nitrogen and oxygen atoms in total. The molecule has 1 aliphatic carbocycles. The van der Waals surface area contributed by atoms with Crippen molar-refractivity contribution in [3.8, 4) is 12.3 Å². The van der Waals surface area contributed by atoms with Gasteiger partial charge < -0.3 is 5.32 Å². The Morgan fingerprint density at radius 2 is 1.81 bits per heavy atom. The second kappa shape index (κ2) is 5.72. The molecule has 84 valence electrons. The molecular formula is C15H19N. The molecule has 0 unspecified atom stereocenters. The van der Waals surface area contributed by atoms with Crippen molar-refractivity contribution in [3.63, 3.8) is 0 Å². The van der Waals surface area contributed by atoms with E-state index in [9.17, 15) is 0 Å². The lowest BCUT2D eigenvalue weighted by atomic mass is 9.95. The quantitative estimate of drug-likeness (QED) is 0.761. The summed E-state index contributed by atoms with van der Waals surface area (Å²) in [6.45, 7) is 0.968. The summed E-state index contributed by atoms with van der Waals surface area (Å²) in [6, 6.07) is 8.98. The fourth-order valence-corrected chi connectivity index (χ4v) is 2.29. The zero-order valence-electron chi connectivity index (χ0n) is 9.71. The summed E-state index contributed by atoms with van der Waals surface area (Å²) < 4.78 is 0. The van der Waals surface area contributed by atoms with Crippen molar-refractivity contribution < 1.29 is 0 Å². The maximum atomic E-state index is 5.33. The largest absolute Gasteiger partial charge is 0.310 e. The number of hydrogen-bond acceptors (Lipinski definition) is 1. The van der Waals surface area contributed by atoms with Crippen LogP contribution in [0.25, 0.3) is 0 Å². The molecular weight excluding hydrogens is 194 g/mol. The Hall–Kier alpha value is -1.26. The van der Waals surface area contributed by atoms with E-state index in [4.69, 9.17) is 6.42 Å². The third-order valence-electron chi connectivity index (χ3n) is 3.32. The van der Waals surface area contributed by atoms with Crippen molar-refractivity contribution in [1.29, 1.82) is 0 Å². The van der Waals surface area contributed by atoms with Gasteiger partial charge in [-0.3, -0.25) is 0 Å². The van der Waals surface area contributed by atoms with Crippen molar-refractivity contribution >= 4 is 0 Å². The predicted octanol–water partition coefficient (Wildman–Crippen LogP) is 3.09. The van der Waals surface area contributed by atoms with Crippen LogP contribution in [0.5, 0.6) is 0 Å². The molecule has 0 aliphatic heterocycles. The minimum Gasteiger partial charge on any atom is -0.310 e. The average Bonchev–Trinajstić information content (AvgIpc) is 2.38. The summed E-state index contributed by atoms with van der Waals surface area (Å²) in [7, 11) is 0. The summed E-state index contributed by atoms with van der Waals surface area (Å²) in [4.78, 5) is 0. The van der Waals surface area contributed by atoms with Crippen molar-refractivity contribution in [2.75, 3.05) is 0 Å². The molecule has 0 spiro atoms. The molecule has 0 bridgehead atoms. The Kier molecular flexibility index (Phi) is 4.02. The highest BCUT2D eigenvalue weighted by Gasteiger charge is 2.11.